The van der Waals surface area contributed by atoms with E-state index in [-0.39, 0.29) is 0 Å². The number of furan rings is 1. The molecule has 0 unspecified atom stereocenters. The molecule has 0 aliphatic heterocycles. The van der Waals surface area contributed by atoms with E-state index in [1.54, 1.807) is 6.07 Å². The zero-order valence-corrected chi connectivity index (χ0v) is 9.14. The molecule has 76 valence electrons. The van der Waals surface area contributed by atoms with Gasteiger partial charge in [-0.25, -0.2) is 0 Å². The van der Waals surface area contributed by atoms with E-state index in [0.717, 1.165) is 28.7 Å². The van der Waals surface area contributed by atoms with Crippen LogP contribution >= 0.6 is 11.6 Å². The molecule has 0 spiro atoms. The van der Waals surface area contributed by atoms with Crippen LogP contribution in [0.4, 0.5) is 0 Å². The fourth-order valence-corrected chi connectivity index (χ4v) is 1.90. The first-order valence-electron chi connectivity index (χ1n) is 4.83. The van der Waals surface area contributed by atoms with Crippen molar-refractivity contribution in [2.75, 3.05) is 0 Å². The van der Waals surface area contributed by atoms with Crippen LogP contribution in [0.5, 0.6) is 0 Å². The van der Waals surface area contributed by atoms with Crippen LogP contribution in [0.3, 0.4) is 0 Å². The van der Waals surface area contributed by atoms with Crippen LogP contribution in [-0.4, -0.2) is 0 Å². The van der Waals surface area contributed by atoms with Crippen LogP contribution in [0.15, 0.2) is 22.6 Å². The fourth-order valence-electron chi connectivity index (χ4n) is 1.73. The molecular weight excluding hydrogens is 210 g/mol. The van der Waals surface area contributed by atoms with Crippen LogP contribution in [0.25, 0.3) is 11.0 Å². The molecule has 2 rings (SSSR count). The lowest BCUT2D eigenvalue weighted by Gasteiger charge is -1.93. The monoisotopic (exact) mass is 219 g/mol. The molecule has 0 atom stereocenters. The molecule has 0 saturated carbocycles. The molecule has 0 radical (unpaired) electrons. The number of nitrogens with zero attached hydrogens (tertiary/aromatic N) is 1. The largest absolute Gasteiger partial charge is 0.461 e. The molecule has 2 nitrogen and oxygen atoms in total. The summed E-state index contributed by atoms with van der Waals surface area (Å²) in [6.45, 7) is 2.01. The number of halogens is 1. The smallest absolute Gasteiger partial charge is 0.134 e. The first-order chi connectivity index (χ1) is 7.26. The summed E-state index contributed by atoms with van der Waals surface area (Å²) in [5.74, 6) is 0.883. The van der Waals surface area contributed by atoms with E-state index in [9.17, 15) is 0 Å². The van der Waals surface area contributed by atoms with E-state index in [1.165, 1.54) is 0 Å². The summed E-state index contributed by atoms with van der Waals surface area (Å²) in [6, 6.07) is 7.65. The van der Waals surface area contributed by atoms with Gasteiger partial charge < -0.3 is 4.42 Å². The standard InChI is InChI=1S/C12H10ClNO/c1-2-11-9(5-6-14)10-7-8(13)3-4-12(10)15-11/h3-4,7H,2,5H2,1H3. The van der Waals surface area contributed by atoms with Crippen LogP contribution in [0.1, 0.15) is 18.2 Å². The van der Waals surface area contributed by atoms with Crippen molar-refractivity contribution in [3.63, 3.8) is 0 Å². The molecule has 1 aromatic carbocycles. The third kappa shape index (κ3) is 1.71. The zero-order chi connectivity index (χ0) is 10.8. The number of rotatable bonds is 2. The molecule has 0 N–H and O–H groups in total. The van der Waals surface area contributed by atoms with E-state index in [0.29, 0.717) is 11.4 Å². The quantitative estimate of drug-likeness (QED) is 0.772. The highest BCUT2D eigenvalue weighted by Gasteiger charge is 2.12. The predicted octanol–water partition coefficient (Wildman–Crippen LogP) is 3.71. The topological polar surface area (TPSA) is 36.9 Å². The molecule has 1 aromatic heterocycles. The SMILES string of the molecule is CCc1oc2ccc(Cl)cc2c1CC#N. The summed E-state index contributed by atoms with van der Waals surface area (Å²) < 4.78 is 5.65. The van der Waals surface area contributed by atoms with Gasteiger partial charge in [-0.05, 0) is 18.2 Å². The maximum atomic E-state index is 8.76. The first-order valence-corrected chi connectivity index (χ1v) is 5.20. The second-order valence-corrected chi connectivity index (χ2v) is 3.77. The lowest BCUT2D eigenvalue weighted by molar-refractivity contribution is 0.552. The lowest BCUT2D eigenvalue weighted by Crippen LogP contribution is -1.85. The van der Waals surface area contributed by atoms with Gasteiger partial charge in [0, 0.05) is 22.4 Å². The summed E-state index contributed by atoms with van der Waals surface area (Å²) >= 11 is 5.92. The maximum Gasteiger partial charge on any atom is 0.134 e. The second-order valence-electron chi connectivity index (χ2n) is 3.33. The second kappa shape index (κ2) is 3.96. The van der Waals surface area contributed by atoms with Crippen LogP contribution in [0, 0.1) is 11.3 Å². The highest BCUT2D eigenvalue weighted by Crippen LogP contribution is 2.29. The number of fused-ring (bicyclic) bond motifs is 1. The average Bonchev–Trinajstić information content (AvgIpc) is 2.57. The van der Waals surface area contributed by atoms with Crippen molar-refractivity contribution in [2.45, 2.75) is 19.8 Å². The highest BCUT2D eigenvalue weighted by molar-refractivity contribution is 6.31. The van der Waals surface area contributed by atoms with E-state index >= 15 is 0 Å². The summed E-state index contributed by atoms with van der Waals surface area (Å²) in [6.07, 6.45) is 1.17. The number of hydrogen-bond acceptors (Lipinski definition) is 2. The van der Waals surface area contributed by atoms with Crippen LogP contribution in [-0.2, 0) is 12.8 Å². The van der Waals surface area contributed by atoms with E-state index in [2.05, 4.69) is 6.07 Å². The van der Waals surface area contributed by atoms with Gasteiger partial charge in [0.1, 0.15) is 11.3 Å². The first kappa shape index (κ1) is 10.1. The van der Waals surface area contributed by atoms with Gasteiger partial charge in [-0.1, -0.05) is 18.5 Å². The van der Waals surface area contributed by atoms with Crippen LogP contribution in [0.2, 0.25) is 5.02 Å². The predicted molar refractivity (Wildman–Crippen MR) is 59.9 cm³/mol. The number of benzene rings is 1. The van der Waals surface area contributed by atoms with Gasteiger partial charge in [-0.3, -0.25) is 0 Å². The molecule has 0 saturated heterocycles. The highest BCUT2D eigenvalue weighted by atomic mass is 35.5. The molecule has 3 heteroatoms. The van der Waals surface area contributed by atoms with Crippen molar-refractivity contribution in [2.24, 2.45) is 0 Å². The summed E-state index contributed by atoms with van der Waals surface area (Å²) in [5.41, 5.74) is 1.78. The molecule has 0 amide bonds. The Morgan fingerprint density at radius 3 is 2.93 bits per heavy atom. The molecule has 0 bridgehead atoms. The Kier molecular flexibility index (Phi) is 2.66. The van der Waals surface area contributed by atoms with E-state index in [4.69, 9.17) is 21.3 Å². The number of nitriles is 1. The van der Waals surface area contributed by atoms with Crippen LogP contribution < -0.4 is 0 Å². The summed E-state index contributed by atoms with van der Waals surface area (Å²) in [7, 11) is 0. The molecule has 0 aliphatic rings. The van der Waals surface area contributed by atoms with Crippen molar-refractivity contribution >= 4 is 22.6 Å². The van der Waals surface area contributed by atoms with Gasteiger partial charge >= 0.3 is 0 Å². The Labute approximate surface area is 93.1 Å². The van der Waals surface area contributed by atoms with Gasteiger partial charge in [0.2, 0.25) is 0 Å². The number of aryl methyl sites for hydroxylation is 1. The summed E-state index contributed by atoms with van der Waals surface area (Å²) in [5, 5.41) is 10.4. The zero-order valence-electron chi connectivity index (χ0n) is 8.38. The molecule has 0 fully saturated rings. The normalized spacial score (nSPS) is 10.5. The molecular formula is C12H10ClNO. The number of hydrogen-bond donors (Lipinski definition) is 0. The lowest BCUT2D eigenvalue weighted by atomic mass is 10.1. The van der Waals surface area contributed by atoms with Gasteiger partial charge in [-0.15, -0.1) is 0 Å². The van der Waals surface area contributed by atoms with Crippen molar-refractivity contribution in [1.29, 1.82) is 5.26 Å². The molecule has 0 aliphatic carbocycles. The minimum Gasteiger partial charge on any atom is -0.461 e. The van der Waals surface area contributed by atoms with Crippen molar-refractivity contribution in [3.05, 3.63) is 34.5 Å². The minimum atomic E-state index is 0.372. The Morgan fingerprint density at radius 2 is 2.27 bits per heavy atom. The van der Waals surface area contributed by atoms with Gasteiger partial charge in [0.05, 0.1) is 12.5 Å². The third-order valence-electron chi connectivity index (χ3n) is 2.41. The molecule has 15 heavy (non-hydrogen) atoms. The Bertz CT molecular complexity index is 536. The molecule has 2 aromatic rings. The van der Waals surface area contributed by atoms with Crippen molar-refractivity contribution in [1.82, 2.24) is 0 Å². The average molecular weight is 220 g/mol. The Hall–Kier alpha value is -1.46. The maximum absolute atomic E-state index is 8.76. The Balaban J connectivity index is 2.71. The third-order valence-corrected chi connectivity index (χ3v) is 2.65. The van der Waals surface area contributed by atoms with Gasteiger partial charge in [0.25, 0.3) is 0 Å². The molecule has 1 heterocycles. The van der Waals surface area contributed by atoms with Gasteiger partial charge in [0.15, 0.2) is 0 Å². The summed E-state index contributed by atoms with van der Waals surface area (Å²) in [4.78, 5) is 0. The van der Waals surface area contributed by atoms with Crippen molar-refractivity contribution < 1.29 is 4.42 Å². The minimum absolute atomic E-state index is 0.372. The Morgan fingerprint density at radius 1 is 1.47 bits per heavy atom. The van der Waals surface area contributed by atoms with E-state index in [1.807, 2.05) is 19.1 Å². The van der Waals surface area contributed by atoms with Gasteiger partial charge in [-0.2, -0.15) is 5.26 Å². The van der Waals surface area contributed by atoms with E-state index < -0.39 is 0 Å². The van der Waals surface area contributed by atoms with Crippen molar-refractivity contribution in [3.8, 4) is 6.07 Å². The fraction of sp³-hybridized carbons (Fsp3) is 0.250.